The maximum absolute atomic E-state index is 6.57. The lowest BCUT2D eigenvalue weighted by Gasteiger charge is -2.27. The first kappa shape index (κ1) is 18.5. The summed E-state index contributed by atoms with van der Waals surface area (Å²) in [6, 6.07) is 0.490. The Balaban J connectivity index is 2.98. The lowest BCUT2D eigenvalue weighted by atomic mass is 9.90. The number of rotatable bonds is 10. The third-order valence-corrected chi connectivity index (χ3v) is 4.82. The number of hydrogen-bond acceptors (Lipinski definition) is 2. The summed E-state index contributed by atoms with van der Waals surface area (Å²) in [5.74, 6) is 0.692. The van der Waals surface area contributed by atoms with Gasteiger partial charge >= 0.3 is 0 Å². The molecule has 21 heavy (non-hydrogen) atoms. The van der Waals surface area contributed by atoms with Crippen LogP contribution < -0.4 is 5.32 Å². The van der Waals surface area contributed by atoms with E-state index in [-0.39, 0.29) is 0 Å². The second-order valence-corrected chi connectivity index (χ2v) is 6.10. The molecule has 0 amide bonds. The molecule has 122 valence electrons. The van der Waals surface area contributed by atoms with E-state index >= 15 is 0 Å². The number of aryl methyl sites for hydroxylation is 2. The summed E-state index contributed by atoms with van der Waals surface area (Å²) in [6.45, 7) is 13.0. The lowest BCUT2D eigenvalue weighted by Crippen LogP contribution is -2.38. The minimum Gasteiger partial charge on any atom is -0.313 e. The lowest BCUT2D eigenvalue weighted by molar-refractivity contribution is 0.326. The molecular formula is C17H32ClN3. The average molecular weight is 314 g/mol. The zero-order valence-corrected chi connectivity index (χ0v) is 15.1. The van der Waals surface area contributed by atoms with Crippen molar-refractivity contribution in [2.75, 3.05) is 6.54 Å². The van der Waals surface area contributed by atoms with Gasteiger partial charge in [0.15, 0.2) is 0 Å². The van der Waals surface area contributed by atoms with E-state index in [4.69, 9.17) is 11.6 Å². The molecule has 1 unspecified atom stereocenters. The van der Waals surface area contributed by atoms with Crippen LogP contribution in [0.15, 0.2) is 0 Å². The van der Waals surface area contributed by atoms with Crippen molar-refractivity contribution in [2.45, 2.75) is 79.3 Å². The number of nitrogens with zero attached hydrogens (tertiary/aromatic N) is 2. The first-order valence-corrected chi connectivity index (χ1v) is 8.97. The molecule has 0 aliphatic rings. The van der Waals surface area contributed by atoms with Crippen molar-refractivity contribution in [3.63, 3.8) is 0 Å². The predicted molar refractivity (Wildman–Crippen MR) is 92.1 cm³/mol. The Bertz CT molecular complexity index is 410. The first-order chi connectivity index (χ1) is 10.1. The molecule has 0 aromatic carbocycles. The van der Waals surface area contributed by atoms with Gasteiger partial charge in [-0.15, -0.1) is 0 Å². The molecule has 1 atom stereocenters. The summed E-state index contributed by atoms with van der Waals surface area (Å²) in [4.78, 5) is 0. The maximum atomic E-state index is 6.57. The molecule has 0 spiro atoms. The predicted octanol–water partition coefficient (Wildman–Crippen LogP) is 4.47. The van der Waals surface area contributed by atoms with Crippen molar-refractivity contribution in [3.8, 4) is 0 Å². The molecule has 0 saturated carbocycles. The van der Waals surface area contributed by atoms with Gasteiger partial charge < -0.3 is 5.32 Å². The van der Waals surface area contributed by atoms with E-state index in [0.717, 1.165) is 43.1 Å². The molecule has 1 aromatic heterocycles. The highest BCUT2D eigenvalue weighted by Gasteiger charge is 2.23. The van der Waals surface area contributed by atoms with E-state index in [0.29, 0.717) is 12.0 Å². The van der Waals surface area contributed by atoms with Crippen molar-refractivity contribution in [2.24, 2.45) is 5.92 Å². The molecule has 0 bridgehead atoms. The van der Waals surface area contributed by atoms with Crippen LogP contribution in [0.4, 0.5) is 0 Å². The van der Waals surface area contributed by atoms with Gasteiger partial charge in [0, 0.05) is 19.0 Å². The molecule has 0 radical (unpaired) electrons. The van der Waals surface area contributed by atoms with Gasteiger partial charge in [0.1, 0.15) is 0 Å². The van der Waals surface area contributed by atoms with Crippen molar-refractivity contribution in [3.05, 3.63) is 16.4 Å². The standard InChI is InChI=1S/C17H32ClN3/c1-6-11-19-15(13(7-2)8-3)12-16-17(18)14(9-4)20-21(16)10-5/h13,15,19H,6-12H2,1-5H3. The maximum Gasteiger partial charge on any atom is 0.0850 e. The summed E-state index contributed by atoms with van der Waals surface area (Å²) in [5, 5.41) is 9.26. The van der Waals surface area contributed by atoms with E-state index in [1.54, 1.807) is 0 Å². The molecule has 1 rings (SSSR count). The summed E-state index contributed by atoms with van der Waals surface area (Å²) >= 11 is 6.57. The van der Waals surface area contributed by atoms with E-state index in [1.807, 2.05) is 0 Å². The molecule has 1 heterocycles. The molecule has 1 aromatic rings. The van der Waals surface area contributed by atoms with Crippen LogP contribution in [0.5, 0.6) is 0 Å². The van der Waals surface area contributed by atoms with Gasteiger partial charge in [-0.25, -0.2) is 0 Å². The zero-order chi connectivity index (χ0) is 15.8. The summed E-state index contributed by atoms with van der Waals surface area (Å²) in [6.07, 6.45) is 5.45. The number of aromatic nitrogens is 2. The van der Waals surface area contributed by atoms with E-state index in [2.05, 4.69) is 49.7 Å². The van der Waals surface area contributed by atoms with Crippen molar-refractivity contribution in [1.82, 2.24) is 15.1 Å². The molecule has 4 heteroatoms. The summed E-state index contributed by atoms with van der Waals surface area (Å²) in [7, 11) is 0. The fourth-order valence-electron chi connectivity index (χ4n) is 3.01. The van der Waals surface area contributed by atoms with Crippen LogP contribution in [0.3, 0.4) is 0 Å². The van der Waals surface area contributed by atoms with Gasteiger partial charge in [-0.05, 0) is 32.2 Å². The van der Waals surface area contributed by atoms with Crippen LogP contribution in [-0.4, -0.2) is 22.4 Å². The monoisotopic (exact) mass is 313 g/mol. The van der Waals surface area contributed by atoms with Crippen LogP contribution in [0.1, 0.15) is 65.3 Å². The molecule has 3 nitrogen and oxygen atoms in total. The SMILES string of the molecule is CCCNC(Cc1c(Cl)c(CC)nn1CC)C(CC)CC. The Morgan fingerprint density at radius 1 is 1.14 bits per heavy atom. The Morgan fingerprint density at radius 3 is 2.29 bits per heavy atom. The highest BCUT2D eigenvalue weighted by Crippen LogP contribution is 2.26. The van der Waals surface area contributed by atoms with E-state index in [1.165, 1.54) is 18.5 Å². The van der Waals surface area contributed by atoms with Crippen molar-refractivity contribution >= 4 is 11.6 Å². The number of halogens is 1. The molecule has 0 fully saturated rings. The molecule has 0 aliphatic carbocycles. The smallest absolute Gasteiger partial charge is 0.0850 e. The molecule has 0 aliphatic heterocycles. The number of hydrogen-bond donors (Lipinski definition) is 1. The highest BCUT2D eigenvalue weighted by atomic mass is 35.5. The number of nitrogens with one attached hydrogen (secondary N) is 1. The van der Waals surface area contributed by atoms with Crippen LogP contribution in [0.25, 0.3) is 0 Å². The molecular weight excluding hydrogens is 282 g/mol. The third kappa shape index (κ3) is 4.72. The Kier molecular flexibility index (Phi) is 8.35. The average Bonchev–Trinajstić information content (AvgIpc) is 2.81. The fraction of sp³-hybridized carbons (Fsp3) is 0.824. The normalized spacial score (nSPS) is 13.1. The zero-order valence-electron chi connectivity index (χ0n) is 14.4. The van der Waals surface area contributed by atoms with Gasteiger partial charge in [0.05, 0.1) is 16.4 Å². The fourth-order valence-corrected chi connectivity index (χ4v) is 3.36. The largest absolute Gasteiger partial charge is 0.313 e. The first-order valence-electron chi connectivity index (χ1n) is 8.60. The van der Waals surface area contributed by atoms with Crippen molar-refractivity contribution in [1.29, 1.82) is 0 Å². The third-order valence-electron chi connectivity index (χ3n) is 4.38. The molecule has 0 saturated heterocycles. The Morgan fingerprint density at radius 2 is 1.81 bits per heavy atom. The van der Waals surface area contributed by atoms with Crippen LogP contribution >= 0.6 is 11.6 Å². The highest BCUT2D eigenvalue weighted by molar-refractivity contribution is 6.31. The van der Waals surface area contributed by atoms with Gasteiger partial charge in [-0.1, -0.05) is 52.1 Å². The van der Waals surface area contributed by atoms with Gasteiger partial charge in [0.25, 0.3) is 0 Å². The van der Waals surface area contributed by atoms with Gasteiger partial charge in [-0.2, -0.15) is 5.10 Å². The van der Waals surface area contributed by atoms with Crippen LogP contribution in [0.2, 0.25) is 5.02 Å². The topological polar surface area (TPSA) is 29.9 Å². The van der Waals surface area contributed by atoms with Gasteiger partial charge in [0.2, 0.25) is 0 Å². The van der Waals surface area contributed by atoms with E-state index in [9.17, 15) is 0 Å². The quantitative estimate of drug-likeness (QED) is 0.691. The van der Waals surface area contributed by atoms with Crippen LogP contribution in [0, 0.1) is 5.92 Å². The second kappa shape index (κ2) is 9.47. The second-order valence-electron chi connectivity index (χ2n) is 5.72. The summed E-state index contributed by atoms with van der Waals surface area (Å²) < 4.78 is 2.09. The minimum atomic E-state index is 0.490. The Labute approximate surface area is 135 Å². The minimum absolute atomic E-state index is 0.490. The van der Waals surface area contributed by atoms with E-state index < -0.39 is 0 Å². The van der Waals surface area contributed by atoms with Crippen LogP contribution in [-0.2, 0) is 19.4 Å². The molecule has 1 N–H and O–H groups in total. The van der Waals surface area contributed by atoms with Gasteiger partial charge in [-0.3, -0.25) is 4.68 Å². The Hall–Kier alpha value is -0.540. The summed E-state index contributed by atoms with van der Waals surface area (Å²) in [5.41, 5.74) is 2.24. The van der Waals surface area contributed by atoms with Crippen molar-refractivity contribution < 1.29 is 0 Å².